The van der Waals surface area contributed by atoms with Crippen molar-refractivity contribution in [1.29, 1.82) is 0 Å². The van der Waals surface area contributed by atoms with Gasteiger partial charge in [-0.15, -0.1) is 0 Å². The Balaban J connectivity index is 1.85. The van der Waals surface area contributed by atoms with Gasteiger partial charge in [0.1, 0.15) is 5.75 Å². The van der Waals surface area contributed by atoms with Gasteiger partial charge in [0.05, 0.1) is 12.4 Å². The fourth-order valence-electron chi connectivity index (χ4n) is 2.31. The van der Waals surface area contributed by atoms with Gasteiger partial charge in [0.15, 0.2) is 0 Å². The van der Waals surface area contributed by atoms with Gasteiger partial charge >= 0.3 is 0 Å². The summed E-state index contributed by atoms with van der Waals surface area (Å²) in [5.74, 6) is 0.676. The maximum Gasteiger partial charge on any atom is 0.235 e. The molecule has 0 heterocycles. The van der Waals surface area contributed by atoms with Gasteiger partial charge in [0, 0.05) is 16.3 Å². The maximum absolute atomic E-state index is 12.1. The molecule has 0 atom stereocenters. The first-order valence-electron chi connectivity index (χ1n) is 7.61. The van der Waals surface area contributed by atoms with Crippen molar-refractivity contribution in [1.82, 2.24) is 0 Å². The Labute approximate surface area is 147 Å². The Kier molecular flexibility index (Phi) is 4.83. The molecule has 2 aromatic rings. The van der Waals surface area contributed by atoms with Crippen molar-refractivity contribution in [2.24, 2.45) is 0 Å². The summed E-state index contributed by atoms with van der Waals surface area (Å²) in [6.45, 7) is 0. The number of anilines is 1. The number of nitrogens with one attached hydrogen (secondary N) is 1. The van der Waals surface area contributed by atoms with Crippen molar-refractivity contribution in [3.05, 3.63) is 58.6 Å². The van der Waals surface area contributed by atoms with Crippen LogP contribution in [0.15, 0.2) is 42.5 Å². The van der Waals surface area contributed by atoms with Crippen molar-refractivity contribution in [2.45, 2.75) is 18.1 Å². The number of halogens is 1. The summed E-state index contributed by atoms with van der Waals surface area (Å²) >= 11 is 5.88. The van der Waals surface area contributed by atoms with Crippen LogP contribution in [0.2, 0.25) is 5.02 Å². The van der Waals surface area contributed by atoms with Crippen LogP contribution in [0.5, 0.6) is 5.75 Å². The molecule has 4 nitrogen and oxygen atoms in total. The van der Waals surface area contributed by atoms with Gasteiger partial charge in [-0.1, -0.05) is 35.9 Å². The van der Waals surface area contributed by atoms with Crippen molar-refractivity contribution in [2.75, 3.05) is 11.8 Å². The Bertz CT molecular complexity index is 856. The molecule has 0 aromatic heterocycles. The van der Waals surface area contributed by atoms with Crippen LogP contribution >= 0.6 is 11.6 Å². The van der Waals surface area contributed by atoms with Gasteiger partial charge in [-0.05, 0) is 48.7 Å². The van der Waals surface area contributed by atoms with Crippen LogP contribution < -0.4 is 9.46 Å². The van der Waals surface area contributed by atoms with Crippen LogP contribution in [0.25, 0.3) is 12.2 Å². The molecule has 1 saturated carbocycles. The third-order valence-corrected chi connectivity index (χ3v) is 5.90. The molecule has 126 valence electrons. The molecule has 0 saturated heterocycles. The molecular weight excluding hydrogens is 346 g/mol. The highest BCUT2D eigenvalue weighted by molar-refractivity contribution is 7.93. The lowest BCUT2D eigenvalue weighted by atomic mass is 10.1. The predicted octanol–water partition coefficient (Wildman–Crippen LogP) is 4.42. The van der Waals surface area contributed by atoms with E-state index in [1.807, 2.05) is 36.4 Å². The van der Waals surface area contributed by atoms with E-state index in [4.69, 9.17) is 16.3 Å². The van der Waals surface area contributed by atoms with Crippen LogP contribution in [0.3, 0.4) is 0 Å². The monoisotopic (exact) mass is 363 g/mol. The lowest BCUT2D eigenvalue weighted by Gasteiger charge is -2.10. The molecule has 0 aliphatic heterocycles. The number of methoxy groups -OCH3 is 1. The number of ether oxygens (including phenoxy) is 1. The molecule has 1 aliphatic rings. The summed E-state index contributed by atoms with van der Waals surface area (Å²) in [6, 6.07) is 12.7. The van der Waals surface area contributed by atoms with E-state index in [0.29, 0.717) is 16.5 Å². The largest absolute Gasteiger partial charge is 0.496 e. The van der Waals surface area contributed by atoms with E-state index >= 15 is 0 Å². The zero-order chi connectivity index (χ0) is 17.2. The Morgan fingerprint density at radius 2 is 1.83 bits per heavy atom. The molecule has 0 bridgehead atoms. The van der Waals surface area contributed by atoms with Gasteiger partial charge in [0.25, 0.3) is 0 Å². The third-order valence-electron chi connectivity index (χ3n) is 3.78. The SMILES string of the molecule is COc1ccc(NS(=O)(=O)C2CC2)cc1/C=C/c1ccc(Cl)cc1. The topological polar surface area (TPSA) is 55.4 Å². The predicted molar refractivity (Wildman–Crippen MR) is 98.9 cm³/mol. The summed E-state index contributed by atoms with van der Waals surface area (Å²) in [5.41, 5.74) is 2.33. The molecule has 3 rings (SSSR count). The minimum atomic E-state index is -3.28. The average molecular weight is 364 g/mol. The quantitative estimate of drug-likeness (QED) is 0.773. The smallest absolute Gasteiger partial charge is 0.235 e. The fraction of sp³-hybridized carbons (Fsp3) is 0.222. The third kappa shape index (κ3) is 4.10. The first-order chi connectivity index (χ1) is 11.5. The van der Waals surface area contributed by atoms with E-state index in [9.17, 15) is 8.42 Å². The average Bonchev–Trinajstić information content (AvgIpc) is 3.40. The minimum Gasteiger partial charge on any atom is -0.496 e. The van der Waals surface area contributed by atoms with E-state index in [1.165, 1.54) is 0 Å². The number of hydrogen-bond donors (Lipinski definition) is 1. The molecule has 0 radical (unpaired) electrons. The van der Waals surface area contributed by atoms with E-state index in [2.05, 4.69) is 4.72 Å². The normalized spacial score (nSPS) is 14.8. The minimum absolute atomic E-state index is 0.257. The first-order valence-corrected chi connectivity index (χ1v) is 9.54. The molecule has 0 amide bonds. The molecule has 2 aromatic carbocycles. The second kappa shape index (κ2) is 6.87. The zero-order valence-electron chi connectivity index (χ0n) is 13.2. The summed E-state index contributed by atoms with van der Waals surface area (Å²) in [7, 11) is -1.69. The van der Waals surface area contributed by atoms with Crippen molar-refractivity contribution in [3.8, 4) is 5.75 Å². The summed E-state index contributed by atoms with van der Waals surface area (Å²) in [6.07, 6.45) is 5.27. The highest BCUT2D eigenvalue weighted by Gasteiger charge is 2.35. The van der Waals surface area contributed by atoms with Gasteiger partial charge < -0.3 is 4.74 Å². The van der Waals surface area contributed by atoms with E-state index < -0.39 is 10.0 Å². The Morgan fingerprint density at radius 1 is 1.12 bits per heavy atom. The lowest BCUT2D eigenvalue weighted by molar-refractivity contribution is 0.414. The highest BCUT2D eigenvalue weighted by Crippen LogP contribution is 2.31. The summed E-state index contributed by atoms with van der Waals surface area (Å²) < 4.78 is 32.1. The molecule has 24 heavy (non-hydrogen) atoms. The summed E-state index contributed by atoms with van der Waals surface area (Å²) in [5, 5.41) is 0.425. The van der Waals surface area contributed by atoms with Crippen molar-refractivity contribution < 1.29 is 13.2 Å². The van der Waals surface area contributed by atoms with Crippen LogP contribution in [0, 0.1) is 0 Å². The van der Waals surface area contributed by atoms with Crippen LogP contribution in [-0.4, -0.2) is 20.8 Å². The van der Waals surface area contributed by atoms with E-state index in [1.54, 1.807) is 25.3 Å². The molecule has 0 unspecified atom stereocenters. The zero-order valence-corrected chi connectivity index (χ0v) is 14.8. The van der Waals surface area contributed by atoms with Crippen molar-refractivity contribution in [3.63, 3.8) is 0 Å². The molecule has 1 aliphatic carbocycles. The van der Waals surface area contributed by atoms with Crippen LogP contribution in [0.4, 0.5) is 5.69 Å². The number of rotatable bonds is 6. The van der Waals surface area contributed by atoms with E-state index in [-0.39, 0.29) is 5.25 Å². The van der Waals surface area contributed by atoms with Crippen molar-refractivity contribution >= 4 is 39.5 Å². The number of hydrogen-bond acceptors (Lipinski definition) is 3. The Hall–Kier alpha value is -1.98. The Morgan fingerprint density at radius 3 is 2.46 bits per heavy atom. The van der Waals surface area contributed by atoms with Crippen LogP contribution in [0.1, 0.15) is 24.0 Å². The van der Waals surface area contributed by atoms with Gasteiger partial charge in [-0.3, -0.25) is 4.72 Å². The second-order valence-corrected chi connectivity index (χ2v) is 8.09. The van der Waals surface area contributed by atoms with Gasteiger partial charge in [-0.2, -0.15) is 0 Å². The highest BCUT2D eigenvalue weighted by atomic mass is 35.5. The number of benzene rings is 2. The first kappa shape index (κ1) is 16.9. The molecule has 6 heteroatoms. The number of sulfonamides is 1. The lowest BCUT2D eigenvalue weighted by Crippen LogP contribution is -2.17. The van der Waals surface area contributed by atoms with Gasteiger partial charge in [-0.25, -0.2) is 8.42 Å². The fourth-order valence-corrected chi connectivity index (χ4v) is 3.82. The van der Waals surface area contributed by atoms with Gasteiger partial charge in [0.2, 0.25) is 10.0 Å². The molecule has 1 fully saturated rings. The second-order valence-electron chi connectivity index (χ2n) is 5.69. The van der Waals surface area contributed by atoms with Crippen LogP contribution in [-0.2, 0) is 10.0 Å². The molecule has 0 spiro atoms. The standard InChI is InChI=1S/C18H18ClNO3S/c1-23-18-11-8-16(20-24(21,22)17-9-10-17)12-14(18)5-2-13-3-6-15(19)7-4-13/h2-8,11-12,17,20H,9-10H2,1H3/b5-2+. The molecule has 1 N–H and O–H groups in total. The maximum atomic E-state index is 12.1. The molecular formula is C18H18ClNO3S. The van der Waals surface area contributed by atoms with E-state index in [0.717, 1.165) is 24.0 Å². The summed E-state index contributed by atoms with van der Waals surface area (Å²) in [4.78, 5) is 0.